The van der Waals surface area contributed by atoms with Gasteiger partial charge in [-0.05, 0) is 29.8 Å². The summed E-state index contributed by atoms with van der Waals surface area (Å²) in [5, 5.41) is 11.6. The number of amides is 1. The summed E-state index contributed by atoms with van der Waals surface area (Å²) in [6, 6.07) is 11.8. The first-order chi connectivity index (χ1) is 9.58. The Labute approximate surface area is 114 Å². The summed E-state index contributed by atoms with van der Waals surface area (Å²) < 4.78 is 13.0. The van der Waals surface area contributed by atoms with Crippen LogP contribution in [-0.2, 0) is 6.54 Å². The van der Waals surface area contributed by atoms with E-state index in [0.717, 1.165) is 0 Å². The van der Waals surface area contributed by atoms with Crippen molar-refractivity contribution in [1.82, 2.24) is 5.32 Å². The minimum Gasteiger partial charge on any atom is -0.478 e. The van der Waals surface area contributed by atoms with Crippen molar-refractivity contribution in [2.75, 3.05) is 0 Å². The maximum atomic E-state index is 13.0. The molecule has 1 amide bonds. The van der Waals surface area contributed by atoms with Gasteiger partial charge < -0.3 is 10.4 Å². The highest BCUT2D eigenvalue weighted by atomic mass is 19.1. The number of halogens is 1. The molecule has 2 N–H and O–H groups in total. The van der Waals surface area contributed by atoms with E-state index in [1.807, 2.05) is 0 Å². The second kappa shape index (κ2) is 5.97. The Morgan fingerprint density at radius 3 is 2.40 bits per heavy atom. The van der Waals surface area contributed by atoms with E-state index in [2.05, 4.69) is 5.32 Å². The zero-order valence-electron chi connectivity index (χ0n) is 10.5. The molecule has 0 aliphatic heterocycles. The van der Waals surface area contributed by atoms with Crippen molar-refractivity contribution in [3.63, 3.8) is 0 Å². The lowest BCUT2D eigenvalue weighted by molar-refractivity contribution is 0.0691. The van der Waals surface area contributed by atoms with Crippen LogP contribution in [-0.4, -0.2) is 17.0 Å². The summed E-state index contributed by atoms with van der Waals surface area (Å²) in [5.41, 5.74) is 0.617. The van der Waals surface area contributed by atoms with E-state index in [4.69, 9.17) is 5.11 Å². The van der Waals surface area contributed by atoms with Crippen molar-refractivity contribution in [3.8, 4) is 0 Å². The third-order valence-corrected chi connectivity index (χ3v) is 2.74. The molecule has 0 unspecified atom stereocenters. The predicted molar refractivity (Wildman–Crippen MR) is 71.0 cm³/mol. The summed E-state index contributed by atoms with van der Waals surface area (Å²) >= 11 is 0. The Kier molecular flexibility index (Phi) is 4.10. The van der Waals surface area contributed by atoms with Gasteiger partial charge in [-0.15, -0.1) is 0 Å². The first-order valence-electron chi connectivity index (χ1n) is 5.93. The molecule has 102 valence electrons. The van der Waals surface area contributed by atoms with Gasteiger partial charge in [-0.25, -0.2) is 9.18 Å². The molecule has 0 aromatic heterocycles. The van der Waals surface area contributed by atoms with E-state index >= 15 is 0 Å². The van der Waals surface area contributed by atoms with E-state index in [0.29, 0.717) is 5.56 Å². The highest BCUT2D eigenvalue weighted by Gasteiger charge is 2.15. The van der Waals surface area contributed by atoms with Gasteiger partial charge in [0, 0.05) is 6.54 Å². The van der Waals surface area contributed by atoms with Gasteiger partial charge in [0.05, 0.1) is 11.1 Å². The fourth-order valence-electron chi connectivity index (χ4n) is 1.79. The minimum absolute atomic E-state index is 0.0655. The summed E-state index contributed by atoms with van der Waals surface area (Å²) in [5.74, 6) is -2.06. The van der Waals surface area contributed by atoms with Crippen molar-refractivity contribution < 1.29 is 19.1 Å². The number of aromatic carboxylic acids is 1. The van der Waals surface area contributed by atoms with Gasteiger partial charge in [0.25, 0.3) is 5.91 Å². The van der Waals surface area contributed by atoms with Crippen molar-refractivity contribution in [3.05, 3.63) is 71.0 Å². The molecule has 20 heavy (non-hydrogen) atoms. The number of hydrogen-bond donors (Lipinski definition) is 2. The molecular weight excluding hydrogens is 261 g/mol. The predicted octanol–water partition coefficient (Wildman–Crippen LogP) is 2.45. The van der Waals surface area contributed by atoms with Crippen LogP contribution in [0.15, 0.2) is 48.5 Å². The molecule has 5 heteroatoms. The number of rotatable bonds is 4. The molecule has 0 radical (unpaired) electrons. The number of carbonyl (C=O) groups is 2. The van der Waals surface area contributed by atoms with Gasteiger partial charge in [-0.1, -0.05) is 24.3 Å². The third-order valence-electron chi connectivity index (χ3n) is 2.74. The quantitative estimate of drug-likeness (QED) is 0.899. The second-order valence-electron chi connectivity index (χ2n) is 4.16. The van der Waals surface area contributed by atoms with Gasteiger partial charge >= 0.3 is 5.97 Å². The maximum Gasteiger partial charge on any atom is 0.336 e. The molecule has 0 atom stereocenters. The van der Waals surface area contributed by atoms with E-state index in [-0.39, 0.29) is 23.5 Å². The lowest BCUT2D eigenvalue weighted by Gasteiger charge is -2.07. The SMILES string of the molecule is O=C(O)c1ccccc1C(=O)NCc1cccc(F)c1. The Hall–Kier alpha value is -2.69. The molecule has 0 saturated carbocycles. The van der Waals surface area contributed by atoms with E-state index in [1.165, 1.54) is 24.3 Å². The minimum atomic E-state index is -1.17. The molecule has 2 aromatic rings. The molecule has 0 bridgehead atoms. The maximum absolute atomic E-state index is 13.0. The van der Waals surface area contributed by atoms with E-state index < -0.39 is 11.9 Å². The van der Waals surface area contributed by atoms with Crippen LogP contribution in [0.25, 0.3) is 0 Å². The van der Waals surface area contributed by atoms with Crippen LogP contribution in [0, 0.1) is 5.82 Å². The molecule has 2 rings (SSSR count). The molecule has 0 saturated heterocycles. The zero-order valence-corrected chi connectivity index (χ0v) is 10.5. The van der Waals surface area contributed by atoms with E-state index in [1.54, 1.807) is 24.3 Å². The molecule has 0 heterocycles. The van der Waals surface area contributed by atoms with Crippen LogP contribution >= 0.6 is 0 Å². The van der Waals surface area contributed by atoms with Crippen LogP contribution in [0.4, 0.5) is 4.39 Å². The van der Waals surface area contributed by atoms with Crippen molar-refractivity contribution >= 4 is 11.9 Å². The van der Waals surface area contributed by atoms with Crippen LogP contribution in [0.2, 0.25) is 0 Å². The lowest BCUT2D eigenvalue weighted by atomic mass is 10.1. The Bertz CT molecular complexity index is 655. The fourth-order valence-corrected chi connectivity index (χ4v) is 1.79. The van der Waals surface area contributed by atoms with Gasteiger partial charge in [-0.2, -0.15) is 0 Å². The number of hydrogen-bond acceptors (Lipinski definition) is 2. The van der Waals surface area contributed by atoms with Crippen molar-refractivity contribution in [2.24, 2.45) is 0 Å². The standard InChI is InChI=1S/C15H12FNO3/c16-11-5-3-4-10(8-11)9-17-14(18)12-6-1-2-7-13(12)15(19)20/h1-8H,9H2,(H,17,18)(H,19,20). The number of benzene rings is 2. The number of nitrogens with one attached hydrogen (secondary N) is 1. The summed E-state index contributed by atoms with van der Waals surface area (Å²) in [6.07, 6.45) is 0. The third kappa shape index (κ3) is 3.20. The lowest BCUT2D eigenvalue weighted by Crippen LogP contribution is -2.24. The molecule has 0 aliphatic rings. The fraction of sp³-hybridized carbons (Fsp3) is 0.0667. The number of carboxylic acid groups (broad SMARTS) is 1. The molecule has 4 nitrogen and oxygen atoms in total. The summed E-state index contributed by atoms with van der Waals surface area (Å²) in [7, 11) is 0. The average molecular weight is 273 g/mol. The average Bonchev–Trinajstić information content (AvgIpc) is 2.45. The Morgan fingerprint density at radius 1 is 1.05 bits per heavy atom. The van der Waals surface area contributed by atoms with Gasteiger partial charge in [-0.3, -0.25) is 4.79 Å². The first kappa shape index (κ1) is 13.7. The molecule has 2 aromatic carbocycles. The molecule has 0 aliphatic carbocycles. The van der Waals surface area contributed by atoms with Crippen molar-refractivity contribution in [1.29, 1.82) is 0 Å². The normalized spacial score (nSPS) is 10.1. The topological polar surface area (TPSA) is 66.4 Å². The molecule has 0 spiro atoms. The highest BCUT2D eigenvalue weighted by molar-refractivity contribution is 6.04. The number of carboxylic acids is 1. The smallest absolute Gasteiger partial charge is 0.336 e. The van der Waals surface area contributed by atoms with E-state index in [9.17, 15) is 14.0 Å². The Morgan fingerprint density at radius 2 is 1.75 bits per heavy atom. The first-order valence-corrected chi connectivity index (χ1v) is 5.93. The zero-order chi connectivity index (χ0) is 14.5. The monoisotopic (exact) mass is 273 g/mol. The number of carbonyl (C=O) groups excluding carboxylic acids is 1. The molecule has 0 fully saturated rings. The summed E-state index contributed by atoms with van der Waals surface area (Å²) in [4.78, 5) is 23.0. The Balaban J connectivity index is 2.11. The van der Waals surface area contributed by atoms with Crippen LogP contribution in [0.1, 0.15) is 26.3 Å². The van der Waals surface area contributed by atoms with Gasteiger partial charge in [0.2, 0.25) is 0 Å². The largest absolute Gasteiger partial charge is 0.478 e. The van der Waals surface area contributed by atoms with Crippen LogP contribution < -0.4 is 5.32 Å². The van der Waals surface area contributed by atoms with Crippen LogP contribution in [0.3, 0.4) is 0 Å². The molecular formula is C15H12FNO3. The van der Waals surface area contributed by atoms with Crippen LogP contribution in [0.5, 0.6) is 0 Å². The van der Waals surface area contributed by atoms with Gasteiger partial charge in [0.1, 0.15) is 5.82 Å². The second-order valence-corrected chi connectivity index (χ2v) is 4.16. The summed E-state index contributed by atoms with van der Waals surface area (Å²) in [6.45, 7) is 0.130. The van der Waals surface area contributed by atoms with Crippen molar-refractivity contribution in [2.45, 2.75) is 6.54 Å². The van der Waals surface area contributed by atoms with Gasteiger partial charge in [0.15, 0.2) is 0 Å². The highest BCUT2D eigenvalue weighted by Crippen LogP contribution is 2.09.